The van der Waals surface area contributed by atoms with E-state index in [2.05, 4.69) is 4.98 Å². The molecule has 0 aliphatic heterocycles. The third-order valence-electron chi connectivity index (χ3n) is 3.01. The second-order valence-corrected chi connectivity index (χ2v) is 5.04. The van der Waals surface area contributed by atoms with Gasteiger partial charge in [0.1, 0.15) is 11.6 Å². The van der Waals surface area contributed by atoms with E-state index in [0.29, 0.717) is 5.82 Å². The predicted octanol–water partition coefficient (Wildman–Crippen LogP) is 4.46. The molecular formula is C15H12ClFN2. The minimum Gasteiger partial charge on any atom is -0.295 e. The van der Waals surface area contributed by atoms with Crippen molar-refractivity contribution in [2.45, 2.75) is 12.3 Å². The van der Waals surface area contributed by atoms with Crippen molar-refractivity contribution in [2.24, 2.45) is 0 Å². The molecule has 0 fully saturated rings. The maximum atomic E-state index is 13.4. The van der Waals surface area contributed by atoms with E-state index in [1.54, 1.807) is 6.07 Å². The molecule has 2 aromatic carbocycles. The van der Waals surface area contributed by atoms with Gasteiger partial charge in [0.2, 0.25) is 0 Å². The van der Waals surface area contributed by atoms with Crippen LogP contribution in [-0.4, -0.2) is 9.55 Å². The second-order valence-electron chi connectivity index (χ2n) is 4.39. The van der Waals surface area contributed by atoms with Crippen molar-refractivity contribution >= 4 is 22.6 Å². The van der Waals surface area contributed by atoms with Crippen molar-refractivity contribution < 1.29 is 4.39 Å². The Hall–Kier alpha value is -1.87. The molecular weight excluding hydrogens is 263 g/mol. The lowest BCUT2D eigenvalue weighted by Crippen LogP contribution is -2.02. The van der Waals surface area contributed by atoms with Gasteiger partial charge in [0.25, 0.3) is 0 Å². The molecule has 4 heteroatoms. The molecule has 0 saturated carbocycles. The minimum absolute atomic E-state index is 0.254. The molecule has 96 valence electrons. The van der Waals surface area contributed by atoms with Crippen LogP contribution in [0.25, 0.3) is 16.7 Å². The van der Waals surface area contributed by atoms with Crippen LogP contribution in [0, 0.1) is 5.82 Å². The van der Waals surface area contributed by atoms with Gasteiger partial charge in [-0.05, 0) is 37.3 Å². The Morgan fingerprint density at radius 3 is 2.68 bits per heavy atom. The molecule has 2 nitrogen and oxygen atoms in total. The molecule has 0 bridgehead atoms. The lowest BCUT2D eigenvalue weighted by atomic mass is 10.2. The number of rotatable bonds is 2. The SMILES string of the molecule is CC(Cl)c1nc2ccccc2n1-c1cccc(F)c1. The summed E-state index contributed by atoms with van der Waals surface area (Å²) >= 11 is 6.19. The molecule has 0 N–H and O–H groups in total. The van der Waals surface area contributed by atoms with Crippen molar-refractivity contribution in [1.29, 1.82) is 0 Å². The minimum atomic E-state index is -0.275. The zero-order valence-corrected chi connectivity index (χ0v) is 11.1. The lowest BCUT2D eigenvalue weighted by molar-refractivity contribution is 0.626. The average Bonchev–Trinajstić information content (AvgIpc) is 2.78. The molecule has 1 unspecified atom stereocenters. The van der Waals surface area contributed by atoms with E-state index in [1.807, 2.05) is 41.8 Å². The van der Waals surface area contributed by atoms with Gasteiger partial charge in [0.05, 0.1) is 22.1 Å². The van der Waals surface area contributed by atoms with E-state index in [-0.39, 0.29) is 11.2 Å². The predicted molar refractivity (Wildman–Crippen MR) is 75.3 cm³/mol. The van der Waals surface area contributed by atoms with Gasteiger partial charge < -0.3 is 0 Å². The number of nitrogens with zero attached hydrogens (tertiary/aromatic N) is 2. The van der Waals surface area contributed by atoms with Gasteiger partial charge in [-0.3, -0.25) is 4.57 Å². The van der Waals surface area contributed by atoms with Gasteiger partial charge in [0.15, 0.2) is 0 Å². The summed E-state index contributed by atoms with van der Waals surface area (Å²) in [5.41, 5.74) is 2.51. The smallest absolute Gasteiger partial charge is 0.132 e. The molecule has 1 atom stereocenters. The van der Waals surface area contributed by atoms with Crippen LogP contribution in [0.4, 0.5) is 4.39 Å². The first-order valence-electron chi connectivity index (χ1n) is 6.04. The number of benzene rings is 2. The highest BCUT2D eigenvalue weighted by Gasteiger charge is 2.16. The molecule has 0 spiro atoms. The van der Waals surface area contributed by atoms with Gasteiger partial charge >= 0.3 is 0 Å². The van der Waals surface area contributed by atoms with E-state index >= 15 is 0 Å². The highest BCUT2D eigenvalue weighted by molar-refractivity contribution is 6.20. The molecule has 0 amide bonds. The van der Waals surface area contributed by atoms with Crippen molar-refractivity contribution in [3.8, 4) is 5.69 Å². The zero-order valence-electron chi connectivity index (χ0n) is 10.3. The van der Waals surface area contributed by atoms with Gasteiger partial charge in [-0.25, -0.2) is 9.37 Å². The Bertz CT molecular complexity index is 734. The fourth-order valence-corrected chi connectivity index (χ4v) is 2.34. The highest BCUT2D eigenvalue weighted by Crippen LogP contribution is 2.28. The summed E-state index contributed by atoms with van der Waals surface area (Å²) in [5, 5.41) is -0.254. The molecule has 1 aromatic heterocycles. The summed E-state index contributed by atoms with van der Waals surface area (Å²) in [6.07, 6.45) is 0. The number of hydrogen-bond donors (Lipinski definition) is 0. The van der Waals surface area contributed by atoms with Crippen molar-refractivity contribution in [1.82, 2.24) is 9.55 Å². The largest absolute Gasteiger partial charge is 0.295 e. The number of imidazole rings is 1. The lowest BCUT2D eigenvalue weighted by Gasteiger charge is -2.10. The third kappa shape index (κ3) is 2.10. The first-order chi connectivity index (χ1) is 9.16. The molecule has 0 saturated heterocycles. The quantitative estimate of drug-likeness (QED) is 0.631. The fourth-order valence-electron chi connectivity index (χ4n) is 2.20. The Morgan fingerprint density at radius 1 is 1.16 bits per heavy atom. The van der Waals surface area contributed by atoms with Gasteiger partial charge in [-0.2, -0.15) is 0 Å². The van der Waals surface area contributed by atoms with E-state index in [1.165, 1.54) is 12.1 Å². The maximum absolute atomic E-state index is 13.4. The molecule has 19 heavy (non-hydrogen) atoms. The number of aromatic nitrogens is 2. The van der Waals surface area contributed by atoms with Crippen molar-refractivity contribution in [3.63, 3.8) is 0 Å². The maximum Gasteiger partial charge on any atom is 0.132 e. The van der Waals surface area contributed by atoms with Crippen LogP contribution in [0.15, 0.2) is 48.5 Å². The number of fused-ring (bicyclic) bond motifs is 1. The summed E-state index contributed by atoms with van der Waals surface area (Å²) in [7, 11) is 0. The molecule has 3 rings (SSSR count). The van der Waals surface area contributed by atoms with Crippen LogP contribution >= 0.6 is 11.6 Å². The van der Waals surface area contributed by atoms with Gasteiger partial charge in [0, 0.05) is 0 Å². The third-order valence-corrected chi connectivity index (χ3v) is 3.20. The highest BCUT2D eigenvalue weighted by atomic mass is 35.5. The monoisotopic (exact) mass is 274 g/mol. The summed E-state index contributed by atoms with van der Waals surface area (Å²) in [4.78, 5) is 4.53. The van der Waals surface area contributed by atoms with Crippen LogP contribution in [0.1, 0.15) is 18.1 Å². The van der Waals surface area contributed by atoms with Crippen LogP contribution in [0.5, 0.6) is 0 Å². The van der Waals surface area contributed by atoms with E-state index < -0.39 is 0 Å². The summed E-state index contributed by atoms with van der Waals surface area (Å²) in [6.45, 7) is 1.86. The van der Waals surface area contributed by atoms with Crippen LogP contribution in [-0.2, 0) is 0 Å². The standard InChI is InChI=1S/C15H12ClFN2/c1-10(16)15-18-13-7-2-3-8-14(13)19(15)12-6-4-5-11(17)9-12/h2-10H,1H3. The van der Waals surface area contributed by atoms with Gasteiger partial charge in [-0.1, -0.05) is 18.2 Å². The fraction of sp³-hybridized carbons (Fsp3) is 0.133. The Kier molecular flexibility index (Phi) is 2.99. The second kappa shape index (κ2) is 4.67. The molecule has 3 aromatic rings. The van der Waals surface area contributed by atoms with Crippen LogP contribution in [0.2, 0.25) is 0 Å². The first kappa shape index (κ1) is 12.2. The van der Waals surface area contributed by atoms with Crippen LogP contribution < -0.4 is 0 Å². The number of hydrogen-bond acceptors (Lipinski definition) is 1. The van der Waals surface area contributed by atoms with Gasteiger partial charge in [-0.15, -0.1) is 11.6 Å². The topological polar surface area (TPSA) is 17.8 Å². The van der Waals surface area contributed by atoms with E-state index in [4.69, 9.17) is 11.6 Å². The molecule has 0 radical (unpaired) electrons. The Morgan fingerprint density at radius 2 is 1.95 bits per heavy atom. The summed E-state index contributed by atoms with van der Waals surface area (Å²) < 4.78 is 15.3. The normalized spacial score (nSPS) is 12.8. The average molecular weight is 275 g/mol. The van der Waals surface area contributed by atoms with E-state index in [9.17, 15) is 4.39 Å². The van der Waals surface area contributed by atoms with E-state index in [0.717, 1.165) is 16.7 Å². The first-order valence-corrected chi connectivity index (χ1v) is 6.48. The molecule has 0 aliphatic carbocycles. The summed E-state index contributed by atoms with van der Waals surface area (Å²) in [6, 6.07) is 14.2. The van der Waals surface area contributed by atoms with Crippen molar-refractivity contribution in [2.75, 3.05) is 0 Å². The van der Waals surface area contributed by atoms with Crippen molar-refractivity contribution in [3.05, 3.63) is 60.2 Å². The summed E-state index contributed by atoms with van der Waals surface area (Å²) in [5.74, 6) is 0.442. The molecule has 1 heterocycles. The number of alkyl halides is 1. The zero-order chi connectivity index (χ0) is 13.4. The molecule has 0 aliphatic rings. The van der Waals surface area contributed by atoms with Crippen LogP contribution in [0.3, 0.4) is 0 Å². The number of halogens is 2. The Labute approximate surface area is 115 Å². The Balaban J connectivity index is 2.34. The number of para-hydroxylation sites is 2.